The average Bonchev–Trinajstić information content (AvgIpc) is 3.72. The number of fused-ring (bicyclic) bond motifs is 5. The molecular weight excluding hydrogens is 671 g/mol. The Morgan fingerprint density at radius 2 is 2.02 bits per heavy atom. The molecule has 7 rings (SSSR count). The highest BCUT2D eigenvalue weighted by molar-refractivity contribution is 8.44. The Bertz CT molecular complexity index is 1700. The van der Waals surface area contributed by atoms with E-state index in [1.165, 1.54) is 11.2 Å². The van der Waals surface area contributed by atoms with Crippen LogP contribution in [0, 0.1) is 5.41 Å². The van der Waals surface area contributed by atoms with Crippen LogP contribution in [0.5, 0.6) is 0 Å². The first-order chi connectivity index (χ1) is 20.9. The van der Waals surface area contributed by atoms with E-state index in [9.17, 15) is 14.3 Å². The Morgan fingerprint density at radius 1 is 1.20 bits per heavy atom. The molecule has 5 aliphatic rings. The highest BCUT2D eigenvalue weighted by Gasteiger charge is 2.53. The lowest BCUT2D eigenvalue weighted by molar-refractivity contribution is -0.119. The van der Waals surface area contributed by atoms with Gasteiger partial charge in [-0.3, -0.25) is 39.0 Å². The number of aliphatic imine (C=N–C) groups is 2. The number of halogens is 1. The van der Waals surface area contributed by atoms with E-state index in [2.05, 4.69) is 47.8 Å². The van der Waals surface area contributed by atoms with Crippen molar-refractivity contribution in [2.45, 2.75) is 55.5 Å². The molecule has 1 amide bonds. The number of hydrogen-bond donors (Lipinski definition) is 5. The van der Waals surface area contributed by atoms with Crippen LogP contribution < -0.4 is 11.1 Å². The molecule has 10 atom stereocenters. The summed E-state index contributed by atoms with van der Waals surface area (Å²) < 4.78 is 64.7. The predicted molar refractivity (Wildman–Crippen MR) is 152 cm³/mol. The molecular formula is C19H22FN11O9P2S2. The van der Waals surface area contributed by atoms with Crippen LogP contribution in [0.3, 0.4) is 0 Å². The van der Waals surface area contributed by atoms with Crippen molar-refractivity contribution in [2.24, 2.45) is 9.98 Å². The molecule has 20 nitrogen and oxygen atoms in total. The second-order valence-corrected chi connectivity index (χ2v) is 15.7. The minimum atomic E-state index is -4.23. The number of aromatic nitrogens is 5. The molecule has 5 aliphatic heterocycles. The molecule has 3 saturated heterocycles. The van der Waals surface area contributed by atoms with E-state index in [0.717, 1.165) is 11.0 Å². The van der Waals surface area contributed by atoms with Crippen LogP contribution in [0.1, 0.15) is 12.6 Å². The van der Waals surface area contributed by atoms with Gasteiger partial charge in [0, 0.05) is 6.42 Å². The third kappa shape index (κ3) is 5.45. The van der Waals surface area contributed by atoms with Crippen molar-refractivity contribution in [3.63, 3.8) is 0 Å². The van der Waals surface area contributed by atoms with Crippen LogP contribution in [-0.2, 0) is 48.7 Å². The van der Waals surface area contributed by atoms with Crippen molar-refractivity contribution in [3.05, 3.63) is 6.33 Å². The number of thiol groups is 1. The third-order valence-corrected chi connectivity index (χ3v) is 10.3. The molecule has 2 aromatic rings. The molecule has 3 fully saturated rings. The monoisotopic (exact) mass is 693 g/mol. The highest BCUT2D eigenvalue weighted by atomic mass is 32.7. The minimum absolute atomic E-state index is 0.00665. The number of guanidine groups is 1. The first-order valence-electron chi connectivity index (χ1n) is 12.8. The van der Waals surface area contributed by atoms with Gasteiger partial charge in [-0.25, -0.2) is 18.9 Å². The van der Waals surface area contributed by atoms with Crippen molar-refractivity contribution >= 4 is 78.6 Å². The molecule has 5 N–H and O–H groups in total. The van der Waals surface area contributed by atoms with Gasteiger partial charge in [0.2, 0.25) is 5.96 Å². The highest BCUT2D eigenvalue weighted by Crippen LogP contribution is 2.57. The largest absolute Gasteiger partial charge is 0.386 e. The second-order valence-electron chi connectivity index (χ2n) is 9.98. The standard InChI is InChI=1S/C19H22FN11O9P2S2/c20-9-12-8(38-18(9)31-14-10(28-29-31)13(21)23-4-24-14)3-36-41(33,43)39-7-1-6(2-35-42(34,44)40-12)37-17(7)30-5-25-11-15(30)26-19(22)27-16(11)32/h4-9,11-12,17-18H,1-3H2,(H,33,43)(H,34,44)(H2,21,23,24)(H2,22,27,32)/t6-,7-,8+,9-,11?,12?,17+,18+,41?,42?/m0/s1. The molecule has 44 heavy (non-hydrogen) atoms. The van der Waals surface area contributed by atoms with E-state index in [4.69, 9.17) is 50.5 Å². The Kier molecular flexibility index (Phi) is 7.56. The van der Waals surface area contributed by atoms with Crippen molar-refractivity contribution in [3.8, 4) is 0 Å². The number of amides is 1. The summed E-state index contributed by atoms with van der Waals surface area (Å²) in [6, 6.07) is -1.03. The zero-order chi connectivity index (χ0) is 31.0. The van der Waals surface area contributed by atoms with Crippen LogP contribution in [0.2, 0.25) is 0 Å². The zero-order valence-electron chi connectivity index (χ0n) is 21.9. The number of carbonyl (C=O) groups excluding carboxylic acids is 1. The van der Waals surface area contributed by atoms with Crippen LogP contribution in [-0.4, -0.2) is 115 Å². The van der Waals surface area contributed by atoms with Crippen molar-refractivity contribution in [2.75, 3.05) is 18.9 Å². The first kappa shape index (κ1) is 30.1. The molecule has 0 aromatic carbocycles. The maximum Gasteiger partial charge on any atom is 0.386 e. The molecule has 0 radical (unpaired) electrons. The maximum atomic E-state index is 15.9. The zero-order valence-corrected chi connectivity index (χ0v) is 25.4. The molecule has 0 spiro atoms. The van der Waals surface area contributed by atoms with Gasteiger partial charge >= 0.3 is 13.5 Å². The first-order valence-corrected chi connectivity index (χ1v) is 18.1. The van der Waals surface area contributed by atoms with E-state index in [-0.39, 0.29) is 35.8 Å². The van der Waals surface area contributed by atoms with Gasteiger partial charge < -0.3 is 24.6 Å². The van der Waals surface area contributed by atoms with Gasteiger partial charge in [0.15, 0.2) is 47.5 Å². The number of nitrogen functional groups attached to an aromatic ring is 1. The Hall–Kier alpha value is -2.56. The lowest BCUT2D eigenvalue weighted by Crippen LogP contribution is -2.52. The van der Waals surface area contributed by atoms with Crippen LogP contribution >= 0.6 is 25.8 Å². The number of nitrogens with zero attached hydrogens (tertiary/aromatic N) is 8. The number of anilines is 1. The van der Waals surface area contributed by atoms with Crippen molar-refractivity contribution in [1.29, 1.82) is 5.41 Å². The van der Waals surface area contributed by atoms with Crippen LogP contribution in [0.15, 0.2) is 16.3 Å². The van der Waals surface area contributed by atoms with E-state index in [1.54, 1.807) is 0 Å². The lowest BCUT2D eigenvalue weighted by atomic mass is 10.1. The van der Waals surface area contributed by atoms with Gasteiger partial charge in [0.1, 0.15) is 24.6 Å². The van der Waals surface area contributed by atoms with Crippen molar-refractivity contribution < 1.29 is 46.2 Å². The molecule has 2 aromatic heterocycles. The van der Waals surface area contributed by atoms with Gasteiger partial charge in [-0.1, -0.05) is 17.5 Å². The van der Waals surface area contributed by atoms with Gasteiger partial charge in [0.25, 0.3) is 5.91 Å². The van der Waals surface area contributed by atoms with Crippen LogP contribution in [0.4, 0.5) is 10.2 Å². The predicted octanol–water partition coefficient (Wildman–Crippen LogP) is -0.599. The summed E-state index contributed by atoms with van der Waals surface area (Å²) in [5, 5.41) is 17.8. The normalized spacial score (nSPS) is 41.0. The second kappa shape index (κ2) is 11.1. The fraction of sp³-hybridized carbons (Fsp3) is 0.579. The fourth-order valence-corrected chi connectivity index (χ4v) is 8.18. The Labute approximate surface area is 255 Å². The van der Waals surface area contributed by atoms with E-state index in [0.29, 0.717) is 0 Å². The summed E-state index contributed by atoms with van der Waals surface area (Å²) in [5.41, 5.74) is 5.97. The van der Waals surface area contributed by atoms with E-state index >= 15 is 4.39 Å². The molecule has 4 unspecified atom stereocenters. The summed E-state index contributed by atoms with van der Waals surface area (Å²) in [6.07, 6.45) is -6.95. The summed E-state index contributed by atoms with van der Waals surface area (Å²) in [7, 11) is 0. The Balaban J connectivity index is 1.15. The summed E-state index contributed by atoms with van der Waals surface area (Å²) >= 11 is 9.28. The third-order valence-electron chi connectivity index (χ3n) is 7.13. The van der Waals surface area contributed by atoms with Crippen molar-refractivity contribution in [1.82, 2.24) is 35.2 Å². The minimum Gasteiger partial charge on any atom is -0.382 e. The smallest absolute Gasteiger partial charge is 0.382 e. The maximum absolute atomic E-state index is 15.9. The quantitative estimate of drug-likeness (QED) is 0.194. The van der Waals surface area contributed by atoms with Gasteiger partial charge in [-0.15, -0.1) is 5.10 Å². The summed E-state index contributed by atoms with van der Waals surface area (Å²) in [4.78, 5) is 40.6. The average molecular weight is 694 g/mol. The number of amidine groups is 1. The number of hydrogen-bond acceptors (Lipinski definition) is 17. The number of alkyl halides is 1. The molecule has 236 valence electrons. The van der Waals surface area contributed by atoms with E-state index < -0.39 is 81.1 Å². The van der Waals surface area contributed by atoms with Gasteiger partial charge in [0.05, 0.1) is 25.7 Å². The summed E-state index contributed by atoms with van der Waals surface area (Å²) in [5.74, 6) is -0.878. The molecule has 25 heteroatoms. The summed E-state index contributed by atoms with van der Waals surface area (Å²) in [6.45, 7) is -9.33. The lowest BCUT2D eigenvalue weighted by Gasteiger charge is -2.31. The molecule has 7 heterocycles. The molecule has 2 bridgehead atoms. The topological polar surface area (TPSA) is 256 Å². The number of carbonyl (C=O) groups is 1. The number of nitrogens with one attached hydrogen (secondary N) is 2. The molecule has 0 aliphatic carbocycles. The fourth-order valence-electron chi connectivity index (χ4n) is 5.23. The number of nitrogens with two attached hydrogens (primary N) is 1. The Morgan fingerprint density at radius 3 is 2.84 bits per heavy atom. The van der Waals surface area contributed by atoms with E-state index in [1.807, 2.05) is 0 Å². The molecule has 0 saturated carbocycles. The van der Waals surface area contributed by atoms with Gasteiger partial charge in [-0.05, 0) is 11.8 Å². The number of ether oxygens (including phenoxy) is 2. The van der Waals surface area contributed by atoms with Gasteiger partial charge in [-0.2, -0.15) is 9.67 Å². The number of rotatable bonds is 2. The SMILES string of the molecule is N=C1N=C2C(N=CN2[C@@H]2O[C@@H]3COP(O)(=S)OC4[C@@H](COP(=O)(S)O[C@H]2C3)O[C@@H](n2nnc3c(N)ncnc32)[C@H]4F)C(=O)N1. The van der Waals surface area contributed by atoms with Crippen LogP contribution in [0.25, 0.3) is 11.2 Å².